The van der Waals surface area contributed by atoms with Crippen molar-refractivity contribution >= 4 is 34.2 Å². The summed E-state index contributed by atoms with van der Waals surface area (Å²) >= 11 is 0. The fourth-order valence-corrected chi connectivity index (χ4v) is 4.75. The maximum Gasteiger partial charge on any atom is 0.258 e. The molecule has 36 heavy (non-hydrogen) atoms. The first kappa shape index (κ1) is 25.4. The standard InChI is InChI=1S/C30H35N3O3/c1-5-21(3)31-29(35)22(4)33(19-24-12-7-6-11-20(24)2)27(34)17-10-18-32-26-16-9-14-23-13-8-15-25(28(23)26)30(32)36/h6-9,11-16,21-22H,5,10,17-19H2,1-4H3,(H,31,35). The highest BCUT2D eigenvalue weighted by Gasteiger charge is 2.30. The number of hydrogen-bond donors (Lipinski definition) is 1. The first-order valence-electron chi connectivity index (χ1n) is 12.8. The molecule has 1 aliphatic heterocycles. The summed E-state index contributed by atoms with van der Waals surface area (Å²) in [6.07, 6.45) is 1.59. The molecule has 3 aromatic rings. The maximum absolute atomic E-state index is 13.5. The molecule has 0 fully saturated rings. The average Bonchev–Trinajstić information content (AvgIpc) is 3.15. The molecule has 1 aliphatic rings. The molecule has 6 heteroatoms. The smallest absolute Gasteiger partial charge is 0.258 e. The zero-order valence-electron chi connectivity index (χ0n) is 21.6. The third-order valence-corrected chi connectivity index (χ3v) is 7.19. The highest BCUT2D eigenvalue weighted by Crippen LogP contribution is 2.37. The van der Waals surface area contributed by atoms with E-state index in [1.807, 2.05) is 81.4 Å². The van der Waals surface area contributed by atoms with Crippen molar-refractivity contribution < 1.29 is 14.4 Å². The van der Waals surface area contributed by atoms with E-state index in [-0.39, 0.29) is 30.2 Å². The molecule has 0 saturated carbocycles. The van der Waals surface area contributed by atoms with Gasteiger partial charge in [0.1, 0.15) is 6.04 Å². The molecular weight excluding hydrogens is 450 g/mol. The Balaban J connectivity index is 1.47. The van der Waals surface area contributed by atoms with E-state index in [2.05, 4.69) is 5.32 Å². The molecule has 3 amide bonds. The second-order valence-corrected chi connectivity index (χ2v) is 9.68. The molecule has 0 bridgehead atoms. The van der Waals surface area contributed by atoms with Crippen molar-refractivity contribution in [2.45, 2.75) is 65.6 Å². The van der Waals surface area contributed by atoms with Crippen LogP contribution in [0.15, 0.2) is 60.7 Å². The van der Waals surface area contributed by atoms with Gasteiger partial charge in [-0.2, -0.15) is 0 Å². The van der Waals surface area contributed by atoms with Crippen molar-refractivity contribution in [1.82, 2.24) is 10.2 Å². The molecule has 0 aromatic heterocycles. The molecule has 0 aliphatic carbocycles. The monoisotopic (exact) mass is 485 g/mol. The Morgan fingerprint density at radius 1 is 1.00 bits per heavy atom. The molecular formula is C30H35N3O3. The molecule has 1 heterocycles. The summed E-state index contributed by atoms with van der Waals surface area (Å²) in [5.74, 6) is -0.261. The fourth-order valence-electron chi connectivity index (χ4n) is 4.75. The number of amides is 3. The van der Waals surface area contributed by atoms with E-state index >= 15 is 0 Å². The lowest BCUT2D eigenvalue weighted by molar-refractivity contribution is -0.140. The number of nitrogens with zero attached hydrogens (tertiary/aromatic N) is 2. The molecule has 0 saturated heterocycles. The quantitative estimate of drug-likeness (QED) is 0.428. The van der Waals surface area contributed by atoms with Gasteiger partial charge in [0.05, 0.1) is 5.69 Å². The van der Waals surface area contributed by atoms with E-state index in [1.165, 1.54) is 0 Å². The maximum atomic E-state index is 13.5. The van der Waals surface area contributed by atoms with Gasteiger partial charge in [0.2, 0.25) is 11.8 Å². The van der Waals surface area contributed by atoms with E-state index in [1.54, 1.807) is 16.7 Å². The largest absolute Gasteiger partial charge is 0.352 e. The Bertz CT molecular complexity index is 1280. The second-order valence-electron chi connectivity index (χ2n) is 9.68. The average molecular weight is 486 g/mol. The second kappa shape index (κ2) is 10.9. The van der Waals surface area contributed by atoms with E-state index in [0.29, 0.717) is 25.1 Å². The molecule has 3 aromatic carbocycles. The first-order valence-corrected chi connectivity index (χ1v) is 12.8. The highest BCUT2D eigenvalue weighted by molar-refractivity contribution is 6.25. The van der Waals surface area contributed by atoms with Gasteiger partial charge in [-0.1, -0.05) is 55.5 Å². The van der Waals surface area contributed by atoms with Crippen molar-refractivity contribution in [2.75, 3.05) is 11.4 Å². The summed E-state index contributed by atoms with van der Waals surface area (Å²) in [6.45, 7) is 8.60. The number of rotatable bonds is 10. The number of benzene rings is 3. The lowest BCUT2D eigenvalue weighted by Gasteiger charge is -2.30. The predicted octanol–water partition coefficient (Wildman–Crippen LogP) is 5.22. The van der Waals surface area contributed by atoms with Gasteiger partial charge in [-0.3, -0.25) is 14.4 Å². The Morgan fingerprint density at radius 2 is 1.72 bits per heavy atom. The molecule has 1 N–H and O–H groups in total. The normalized spacial score (nSPS) is 14.1. The van der Waals surface area contributed by atoms with Crippen LogP contribution in [0, 0.1) is 6.92 Å². The Morgan fingerprint density at radius 3 is 2.44 bits per heavy atom. The van der Waals surface area contributed by atoms with Gasteiger partial charge in [-0.15, -0.1) is 0 Å². The molecule has 0 spiro atoms. The van der Waals surface area contributed by atoms with Gasteiger partial charge in [0.25, 0.3) is 5.91 Å². The van der Waals surface area contributed by atoms with Crippen LogP contribution >= 0.6 is 0 Å². The van der Waals surface area contributed by atoms with Crippen molar-refractivity contribution in [2.24, 2.45) is 0 Å². The van der Waals surface area contributed by atoms with Crippen LogP contribution in [-0.2, 0) is 16.1 Å². The minimum absolute atomic E-state index is 0.0210. The fraction of sp³-hybridized carbons (Fsp3) is 0.367. The van der Waals surface area contributed by atoms with Gasteiger partial charge in [-0.05, 0) is 62.3 Å². The van der Waals surface area contributed by atoms with Crippen molar-refractivity contribution in [3.8, 4) is 0 Å². The van der Waals surface area contributed by atoms with Crippen LogP contribution in [0.3, 0.4) is 0 Å². The van der Waals surface area contributed by atoms with Crippen molar-refractivity contribution in [3.63, 3.8) is 0 Å². The number of carbonyl (C=O) groups is 3. The Labute approximate surface area is 213 Å². The summed E-state index contributed by atoms with van der Waals surface area (Å²) in [5, 5.41) is 5.03. The van der Waals surface area contributed by atoms with Crippen LogP contribution in [0.2, 0.25) is 0 Å². The van der Waals surface area contributed by atoms with E-state index in [0.717, 1.165) is 34.0 Å². The SMILES string of the molecule is CCC(C)NC(=O)C(C)N(Cc1ccccc1C)C(=O)CCCN1C(=O)c2cccc3cccc1c23. The molecule has 2 atom stereocenters. The number of carbonyl (C=O) groups excluding carboxylic acids is 3. The third-order valence-electron chi connectivity index (χ3n) is 7.19. The van der Waals surface area contributed by atoms with Gasteiger partial charge < -0.3 is 15.1 Å². The lowest BCUT2D eigenvalue weighted by Crippen LogP contribution is -2.49. The Kier molecular flexibility index (Phi) is 7.73. The summed E-state index contributed by atoms with van der Waals surface area (Å²) in [7, 11) is 0. The zero-order valence-corrected chi connectivity index (χ0v) is 21.6. The van der Waals surface area contributed by atoms with Crippen LogP contribution in [-0.4, -0.2) is 41.2 Å². The minimum Gasteiger partial charge on any atom is -0.352 e. The predicted molar refractivity (Wildman–Crippen MR) is 144 cm³/mol. The molecule has 4 rings (SSSR count). The molecule has 6 nitrogen and oxygen atoms in total. The van der Waals surface area contributed by atoms with Gasteiger partial charge in [-0.25, -0.2) is 0 Å². The van der Waals surface area contributed by atoms with E-state index in [9.17, 15) is 14.4 Å². The summed E-state index contributed by atoms with van der Waals surface area (Å²) < 4.78 is 0. The molecule has 2 unspecified atom stereocenters. The lowest BCUT2D eigenvalue weighted by atomic mass is 10.1. The van der Waals surface area contributed by atoms with Crippen molar-refractivity contribution in [1.29, 1.82) is 0 Å². The van der Waals surface area contributed by atoms with Gasteiger partial charge in [0, 0.05) is 36.5 Å². The topological polar surface area (TPSA) is 69.7 Å². The van der Waals surface area contributed by atoms with Crippen LogP contribution < -0.4 is 10.2 Å². The number of hydrogen-bond acceptors (Lipinski definition) is 3. The van der Waals surface area contributed by atoms with Crippen LogP contribution in [0.1, 0.15) is 61.5 Å². The van der Waals surface area contributed by atoms with Crippen molar-refractivity contribution in [3.05, 3.63) is 77.4 Å². The third kappa shape index (κ3) is 5.13. The molecule has 0 radical (unpaired) electrons. The van der Waals surface area contributed by atoms with E-state index < -0.39 is 6.04 Å². The van der Waals surface area contributed by atoms with Gasteiger partial charge >= 0.3 is 0 Å². The van der Waals surface area contributed by atoms with Crippen LogP contribution in [0.4, 0.5) is 5.69 Å². The number of nitrogens with one attached hydrogen (secondary N) is 1. The van der Waals surface area contributed by atoms with Gasteiger partial charge in [0.15, 0.2) is 0 Å². The highest BCUT2D eigenvalue weighted by atomic mass is 16.2. The van der Waals surface area contributed by atoms with Crippen LogP contribution in [0.5, 0.6) is 0 Å². The summed E-state index contributed by atoms with van der Waals surface area (Å²) in [6, 6.07) is 19.1. The summed E-state index contributed by atoms with van der Waals surface area (Å²) in [5.41, 5.74) is 3.72. The summed E-state index contributed by atoms with van der Waals surface area (Å²) in [4.78, 5) is 42.9. The molecule has 188 valence electrons. The zero-order chi connectivity index (χ0) is 25.8. The number of aryl methyl sites for hydroxylation is 1. The van der Waals surface area contributed by atoms with E-state index in [4.69, 9.17) is 0 Å². The number of anilines is 1. The Hall–Kier alpha value is -3.67. The first-order chi connectivity index (χ1) is 17.3. The minimum atomic E-state index is -0.600. The van der Waals surface area contributed by atoms with Crippen LogP contribution in [0.25, 0.3) is 10.8 Å².